The molecule has 2 N–H and O–H groups in total. The molecule has 0 unspecified atom stereocenters. The van der Waals surface area contributed by atoms with Gasteiger partial charge in [-0.15, -0.1) is 0 Å². The lowest BCUT2D eigenvalue weighted by Gasteiger charge is -2.05. The normalized spacial score (nSPS) is 10.4. The highest BCUT2D eigenvalue weighted by molar-refractivity contribution is 5.21. The van der Waals surface area contributed by atoms with E-state index in [0.29, 0.717) is 6.61 Å². The summed E-state index contributed by atoms with van der Waals surface area (Å²) in [6.07, 6.45) is 5.74. The maximum Gasteiger partial charge on any atom is 0.226 e. The molecule has 1 aromatic heterocycles. The number of unbranched alkanes of at least 4 members (excludes halogenated alkanes) is 4. The summed E-state index contributed by atoms with van der Waals surface area (Å²) in [5.41, 5.74) is 5.29. The van der Waals surface area contributed by atoms with E-state index in [1.165, 1.54) is 19.3 Å². The molecule has 1 aromatic rings. The van der Waals surface area contributed by atoms with E-state index in [1.54, 1.807) is 0 Å². The van der Waals surface area contributed by atoms with Crippen molar-refractivity contribution in [3.63, 3.8) is 0 Å². The van der Waals surface area contributed by atoms with E-state index >= 15 is 0 Å². The average molecular weight is 227 g/mol. The Balaban J connectivity index is 2.21. The van der Waals surface area contributed by atoms with Gasteiger partial charge in [0.1, 0.15) is 0 Å². The molecule has 5 heteroatoms. The van der Waals surface area contributed by atoms with Crippen LogP contribution in [0.1, 0.15) is 39.0 Å². The third-order valence-electron chi connectivity index (χ3n) is 2.19. The van der Waals surface area contributed by atoms with Crippen molar-refractivity contribution < 1.29 is 9.13 Å². The molecule has 1 heterocycles. The molecule has 0 saturated carbocycles. The maximum atomic E-state index is 12.8. The van der Waals surface area contributed by atoms with E-state index in [0.717, 1.165) is 18.9 Å². The minimum absolute atomic E-state index is 0.0963. The first-order valence-electron chi connectivity index (χ1n) is 5.65. The zero-order valence-corrected chi connectivity index (χ0v) is 9.58. The SMILES string of the molecule is CCCCCCCOc1cc(F)nc(N)n1. The maximum absolute atomic E-state index is 12.8. The second kappa shape index (κ2) is 6.98. The average Bonchev–Trinajstić information content (AvgIpc) is 2.22. The van der Waals surface area contributed by atoms with E-state index in [9.17, 15) is 4.39 Å². The first-order chi connectivity index (χ1) is 7.72. The van der Waals surface area contributed by atoms with Crippen LogP contribution in [0.15, 0.2) is 6.07 Å². The summed E-state index contributed by atoms with van der Waals surface area (Å²) >= 11 is 0. The Kier molecular flexibility index (Phi) is 5.53. The van der Waals surface area contributed by atoms with E-state index in [-0.39, 0.29) is 11.8 Å². The molecule has 1 rings (SSSR count). The number of nitrogens with two attached hydrogens (primary N) is 1. The summed E-state index contributed by atoms with van der Waals surface area (Å²) in [7, 11) is 0. The molecule has 0 spiro atoms. The molecule has 0 amide bonds. The largest absolute Gasteiger partial charge is 0.477 e. The summed E-state index contributed by atoms with van der Waals surface area (Å²) in [6.45, 7) is 2.71. The van der Waals surface area contributed by atoms with Crippen LogP contribution < -0.4 is 10.5 Å². The predicted molar refractivity (Wildman–Crippen MR) is 60.7 cm³/mol. The number of rotatable bonds is 7. The summed E-state index contributed by atoms with van der Waals surface area (Å²) < 4.78 is 18.1. The quantitative estimate of drug-likeness (QED) is 0.574. The van der Waals surface area contributed by atoms with Gasteiger partial charge in [-0.2, -0.15) is 14.4 Å². The molecule has 0 aliphatic carbocycles. The fraction of sp³-hybridized carbons (Fsp3) is 0.636. The van der Waals surface area contributed by atoms with Gasteiger partial charge >= 0.3 is 0 Å². The predicted octanol–water partition coefficient (Wildman–Crippen LogP) is 2.55. The Hall–Kier alpha value is -1.39. The fourth-order valence-corrected chi connectivity index (χ4v) is 1.37. The van der Waals surface area contributed by atoms with Gasteiger partial charge in [0, 0.05) is 0 Å². The van der Waals surface area contributed by atoms with Crippen LogP contribution in [-0.2, 0) is 0 Å². The second-order valence-electron chi connectivity index (χ2n) is 3.65. The van der Waals surface area contributed by atoms with Crippen molar-refractivity contribution in [2.75, 3.05) is 12.3 Å². The van der Waals surface area contributed by atoms with Crippen molar-refractivity contribution >= 4 is 5.95 Å². The lowest BCUT2D eigenvalue weighted by atomic mass is 10.2. The number of hydrogen-bond acceptors (Lipinski definition) is 4. The Morgan fingerprint density at radius 2 is 2.00 bits per heavy atom. The van der Waals surface area contributed by atoms with Crippen LogP contribution in [0, 0.1) is 5.95 Å². The van der Waals surface area contributed by atoms with Crippen LogP contribution in [0.4, 0.5) is 10.3 Å². The molecule has 0 aliphatic rings. The van der Waals surface area contributed by atoms with E-state index in [2.05, 4.69) is 16.9 Å². The van der Waals surface area contributed by atoms with Gasteiger partial charge < -0.3 is 10.5 Å². The van der Waals surface area contributed by atoms with Gasteiger partial charge in [0.25, 0.3) is 0 Å². The Bertz CT molecular complexity index is 300. The van der Waals surface area contributed by atoms with Crippen LogP contribution in [0.25, 0.3) is 0 Å². The van der Waals surface area contributed by atoms with Crippen molar-refractivity contribution in [3.05, 3.63) is 12.0 Å². The molecular weight excluding hydrogens is 209 g/mol. The van der Waals surface area contributed by atoms with Gasteiger partial charge in [-0.05, 0) is 6.42 Å². The summed E-state index contributed by atoms with van der Waals surface area (Å²) in [6, 6.07) is 1.14. The lowest BCUT2D eigenvalue weighted by Crippen LogP contribution is -2.03. The van der Waals surface area contributed by atoms with Gasteiger partial charge in [-0.3, -0.25) is 0 Å². The third kappa shape index (κ3) is 4.91. The molecule has 0 radical (unpaired) electrons. The van der Waals surface area contributed by atoms with Gasteiger partial charge in [-0.1, -0.05) is 32.6 Å². The van der Waals surface area contributed by atoms with Crippen molar-refractivity contribution in [3.8, 4) is 5.88 Å². The number of ether oxygens (including phenoxy) is 1. The van der Waals surface area contributed by atoms with Crippen molar-refractivity contribution in [1.29, 1.82) is 0 Å². The molecule has 16 heavy (non-hydrogen) atoms. The first-order valence-corrected chi connectivity index (χ1v) is 5.65. The molecule has 0 aromatic carbocycles. The summed E-state index contributed by atoms with van der Waals surface area (Å²) in [5, 5.41) is 0. The zero-order chi connectivity index (χ0) is 11.8. The van der Waals surface area contributed by atoms with Crippen LogP contribution >= 0.6 is 0 Å². The topological polar surface area (TPSA) is 61.0 Å². The Morgan fingerprint density at radius 3 is 2.69 bits per heavy atom. The van der Waals surface area contributed by atoms with Crippen LogP contribution in [0.3, 0.4) is 0 Å². The number of anilines is 1. The number of hydrogen-bond donors (Lipinski definition) is 1. The van der Waals surface area contributed by atoms with Crippen LogP contribution in [-0.4, -0.2) is 16.6 Å². The molecule has 4 nitrogen and oxygen atoms in total. The number of halogens is 1. The van der Waals surface area contributed by atoms with Gasteiger partial charge in [0.05, 0.1) is 12.7 Å². The van der Waals surface area contributed by atoms with Gasteiger partial charge in [0.15, 0.2) is 0 Å². The van der Waals surface area contributed by atoms with E-state index in [1.807, 2.05) is 0 Å². The van der Waals surface area contributed by atoms with Crippen molar-refractivity contribution in [2.24, 2.45) is 0 Å². The smallest absolute Gasteiger partial charge is 0.226 e. The zero-order valence-electron chi connectivity index (χ0n) is 9.58. The molecule has 0 saturated heterocycles. The molecule has 0 atom stereocenters. The standard InChI is InChI=1S/C11H18FN3O/c1-2-3-4-5-6-7-16-10-8-9(12)14-11(13)15-10/h8H,2-7H2,1H3,(H2,13,14,15). The van der Waals surface area contributed by atoms with E-state index < -0.39 is 5.95 Å². The second-order valence-corrected chi connectivity index (χ2v) is 3.65. The highest BCUT2D eigenvalue weighted by Crippen LogP contribution is 2.10. The number of aromatic nitrogens is 2. The van der Waals surface area contributed by atoms with Crippen molar-refractivity contribution in [1.82, 2.24) is 9.97 Å². The molecule has 0 bridgehead atoms. The minimum Gasteiger partial charge on any atom is -0.477 e. The number of nitrogens with zero attached hydrogens (tertiary/aromatic N) is 2. The third-order valence-corrected chi connectivity index (χ3v) is 2.19. The first kappa shape index (κ1) is 12.7. The Morgan fingerprint density at radius 1 is 1.25 bits per heavy atom. The highest BCUT2D eigenvalue weighted by atomic mass is 19.1. The molecule has 90 valence electrons. The Labute approximate surface area is 95.0 Å². The van der Waals surface area contributed by atoms with E-state index in [4.69, 9.17) is 10.5 Å². The molecular formula is C11H18FN3O. The monoisotopic (exact) mass is 227 g/mol. The fourth-order valence-electron chi connectivity index (χ4n) is 1.37. The summed E-state index contributed by atoms with van der Waals surface area (Å²) in [5.74, 6) is -0.546. The minimum atomic E-state index is -0.659. The molecule has 0 fully saturated rings. The van der Waals surface area contributed by atoms with Gasteiger partial charge in [-0.25, -0.2) is 0 Å². The van der Waals surface area contributed by atoms with Gasteiger partial charge in [0.2, 0.25) is 17.8 Å². The van der Waals surface area contributed by atoms with Crippen LogP contribution in [0.5, 0.6) is 5.88 Å². The van der Waals surface area contributed by atoms with Crippen molar-refractivity contribution in [2.45, 2.75) is 39.0 Å². The highest BCUT2D eigenvalue weighted by Gasteiger charge is 2.02. The number of nitrogen functional groups attached to an aromatic ring is 1. The van der Waals surface area contributed by atoms with Crippen LogP contribution in [0.2, 0.25) is 0 Å². The summed E-state index contributed by atoms with van der Waals surface area (Å²) in [4.78, 5) is 7.10. The lowest BCUT2D eigenvalue weighted by molar-refractivity contribution is 0.291. The molecule has 0 aliphatic heterocycles.